The van der Waals surface area contributed by atoms with E-state index < -0.39 is 0 Å². The standard InChI is InChI=1S/C12H24N4S/c1-4-8-13-11(5-2)7-6-9-17-12-14-10-15-16(12)3/h10-11,13H,4-9H2,1-3H3. The van der Waals surface area contributed by atoms with Crippen molar-refractivity contribution in [1.29, 1.82) is 0 Å². The van der Waals surface area contributed by atoms with Gasteiger partial charge < -0.3 is 5.32 Å². The lowest BCUT2D eigenvalue weighted by Gasteiger charge is -2.15. The van der Waals surface area contributed by atoms with Crippen molar-refractivity contribution in [2.24, 2.45) is 7.05 Å². The molecule has 0 saturated heterocycles. The van der Waals surface area contributed by atoms with Crippen LogP contribution in [0.25, 0.3) is 0 Å². The molecule has 0 aliphatic carbocycles. The molecule has 1 atom stereocenters. The lowest BCUT2D eigenvalue weighted by molar-refractivity contribution is 0.465. The fourth-order valence-electron chi connectivity index (χ4n) is 1.71. The van der Waals surface area contributed by atoms with Crippen LogP contribution in [0, 0.1) is 0 Å². The molecule has 17 heavy (non-hydrogen) atoms. The zero-order chi connectivity index (χ0) is 12.5. The van der Waals surface area contributed by atoms with Crippen LogP contribution < -0.4 is 5.32 Å². The molecule has 0 fully saturated rings. The average Bonchev–Trinajstić information content (AvgIpc) is 2.74. The largest absolute Gasteiger partial charge is 0.314 e. The van der Waals surface area contributed by atoms with E-state index in [2.05, 4.69) is 29.2 Å². The van der Waals surface area contributed by atoms with Gasteiger partial charge in [-0.15, -0.1) is 0 Å². The monoisotopic (exact) mass is 256 g/mol. The van der Waals surface area contributed by atoms with E-state index in [1.54, 1.807) is 18.1 Å². The Kier molecular flexibility index (Phi) is 7.28. The lowest BCUT2D eigenvalue weighted by Crippen LogP contribution is -2.29. The van der Waals surface area contributed by atoms with Gasteiger partial charge >= 0.3 is 0 Å². The molecule has 0 radical (unpaired) electrons. The number of hydrogen-bond acceptors (Lipinski definition) is 4. The number of aromatic nitrogens is 3. The van der Waals surface area contributed by atoms with E-state index in [9.17, 15) is 0 Å². The van der Waals surface area contributed by atoms with Gasteiger partial charge in [0.2, 0.25) is 0 Å². The molecule has 1 unspecified atom stereocenters. The molecule has 1 heterocycles. The summed E-state index contributed by atoms with van der Waals surface area (Å²) < 4.78 is 1.83. The third-order valence-corrected chi connectivity index (χ3v) is 3.89. The van der Waals surface area contributed by atoms with Crippen molar-refractivity contribution >= 4 is 11.8 Å². The molecule has 0 saturated carbocycles. The summed E-state index contributed by atoms with van der Waals surface area (Å²) in [6.07, 6.45) is 6.52. The third kappa shape index (κ3) is 5.55. The molecular formula is C12H24N4S. The molecule has 0 aliphatic rings. The number of aryl methyl sites for hydroxylation is 1. The van der Waals surface area contributed by atoms with E-state index in [1.807, 2.05) is 11.7 Å². The molecule has 0 aliphatic heterocycles. The molecule has 5 heteroatoms. The molecule has 0 amide bonds. The zero-order valence-electron chi connectivity index (χ0n) is 11.1. The van der Waals surface area contributed by atoms with Crippen LogP contribution >= 0.6 is 11.8 Å². The Labute approximate surface area is 109 Å². The van der Waals surface area contributed by atoms with Crippen LogP contribution in [-0.4, -0.2) is 33.1 Å². The third-order valence-electron chi connectivity index (χ3n) is 2.77. The van der Waals surface area contributed by atoms with Crippen LogP contribution in [0.1, 0.15) is 39.5 Å². The molecule has 1 aromatic heterocycles. The summed E-state index contributed by atoms with van der Waals surface area (Å²) in [6, 6.07) is 0.676. The van der Waals surface area contributed by atoms with Crippen molar-refractivity contribution in [3.8, 4) is 0 Å². The summed E-state index contributed by atoms with van der Waals surface area (Å²) in [5.41, 5.74) is 0. The number of rotatable bonds is 9. The zero-order valence-corrected chi connectivity index (χ0v) is 12.0. The van der Waals surface area contributed by atoms with Gasteiger partial charge in [0.15, 0.2) is 5.16 Å². The smallest absolute Gasteiger partial charge is 0.185 e. The molecule has 1 N–H and O–H groups in total. The first-order valence-corrected chi connectivity index (χ1v) is 7.46. The molecule has 4 nitrogen and oxygen atoms in total. The molecule has 98 valence electrons. The average molecular weight is 256 g/mol. The van der Waals surface area contributed by atoms with Gasteiger partial charge in [-0.2, -0.15) is 5.10 Å². The quantitative estimate of drug-likeness (QED) is 0.544. The summed E-state index contributed by atoms with van der Waals surface area (Å²) in [6.45, 7) is 5.60. The second-order valence-electron chi connectivity index (χ2n) is 4.22. The predicted octanol–water partition coefficient (Wildman–Crippen LogP) is 2.47. The van der Waals surface area contributed by atoms with Crippen LogP contribution in [0.5, 0.6) is 0 Å². The van der Waals surface area contributed by atoms with Gasteiger partial charge in [0.1, 0.15) is 6.33 Å². The second-order valence-corrected chi connectivity index (χ2v) is 5.28. The topological polar surface area (TPSA) is 42.7 Å². The molecule has 0 spiro atoms. The van der Waals surface area contributed by atoms with Crippen molar-refractivity contribution in [3.05, 3.63) is 6.33 Å². The van der Waals surface area contributed by atoms with Crippen LogP contribution in [0.2, 0.25) is 0 Å². The van der Waals surface area contributed by atoms with Crippen molar-refractivity contribution in [3.63, 3.8) is 0 Å². The summed E-state index contributed by atoms with van der Waals surface area (Å²) in [5.74, 6) is 1.12. The first-order chi connectivity index (χ1) is 8.27. The highest BCUT2D eigenvalue weighted by atomic mass is 32.2. The maximum atomic E-state index is 4.20. The number of nitrogens with zero attached hydrogens (tertiary/aromatic N) is 3. The second kappa shape index (κ2) is 8.53. The van der Waals surface area contributed by atoms with E-state index in [1.165, 1.54) is 25.7 Å². The minimum absolute atomic E-state index is 0.676. The van der Waals surface area contributed by atoms with Gasteiger partial charge in [-0.1, -0.05) is 25.6 Å². The highest BCUT2D eigenvalue weighted by molar-refractivity contribution is 7.99. The maximum Gasteiger partial charge on any atom is 0.185 e. The van der Waals surface area contributed by atoms with E-state index in [0.717, 1.165) is 17.5 Å². The van der Waals surface area contributed by atoms with Crippen LogP contribution in [0.4, 0.5) is 0 Å². The van der Waals surface area contributed by atoms with E-state index in [0.29, 0.717) is 6.04 Å². The predicted molar refractivity (Wildman–Crippen MR) is 73.3 cm³/mol. The maximum absolute atomic E-state index is 4.20. The Bertz CT molecular complexity index is 300. The number of thioether (sulfide) groups is 1. The molecular weight excluding hydrogens is 232 g/mol. The highest BCUT2D eigenvalue weighted by Gasteiger charge is 2.05. The van der Waals surface area contributed by atoms with E-state index >= 15 is 0 Å². The van der Waals surface area contributed by atoms with E-state index in [-0.39, 0.29) is 0 Å². The number of nitrogens with one attached hydrogen (secondary N) is 1. The van der Waals surface area contributed by atoms with Crippen molar-refractivity contribution in [2.75, 3.05) is 12.3 Å². The highest BCUT2D eigenvalue weighted by Crippen LogP contribution is 2.16. The molecule has 1 aromatic rings. The fourth-order valence-corrected chi connectivity index (χ4v) is 2.56. The Morgan fingerprint density at radius 1 is 1.47 bits per heavy atom. The first-order valence-electron chi connectivity index (χ1n) is 6.48. The van der Waals surface area contributed by atoms with Crippen LogP contribution in [0.3, 0.4) is 0 Å². The van der Waals surface area contributed by atoms with Crippen LogP contribution in [-0.2, 0) is 7.05 Å². The van der Waals surface area contributed by atoms with Gasteiger partial charge in [0.05, 0.1) is 0 Å². The molecule has 0 aromatic carbocycles. The lowest BCUT2D eigenvalue weighted by atomic mass is 10.1. The van der Waals surface area contributed by atoms with Crippen molar-refractivity contribution in [2.45, 2.75) is 50.7 Å². The minimum atomic E-state index is 0.676. The van der Waals surface area contributed by atoms with Gasteiger partial charge in [0, 0.05) is 18.8 Å². The summed E-state index contributed by atoms with van der Waals surface area (Å²) >= 11 is 1.79. The van der Waals surface area contributed by atoms with E-state index in [4.69, 9.17) is 0 Å². The summed E-state index contributed by atoms with van der Waals surface area (Å²) in [5, 5.41) is 8.65. The van der Waals surface area contributed by atoms with Crippen molar-refractivity contribution in [1.82, 2.24) is 20.1 Å². The summed E-state index contributed by atoms with van der Waals surface area (Å²) in [7, 11) is 1.94. The minimum Gasteiger partial charge on any atom is -0.314 e. The Hall–Kier alpha value is -0.550. The fraction of sp³-hybridized carbons (Fsp3) is 0.833. The molecule has 1 rings (SSSR count). The Balaban J connectivity index is 2.12. The number of hydrogen-bond donors (Lipinski definition) is 1. The van der Waals surface area contributed by atoms with Gasteiger partial charge in [-0.25, -0.2) is 9.67 Å². The van der Waals surface area contributed by atoms with Gasteiger partial charge in [-0.3, -0.25) is 0 Å². The summed E-state index contributed by atoms with van der Waals surface area (Å²) in [4.78, 5) is 4.20. The Morgan fingerprint density at radius 2 is 2.29 bits per heavy atom. The van der Waals surface area contributed by atoms with Crippen molar-refractivity contribution < 1.29 is 0 Å². The SMILES string of the molecule is CCCNC(CC)CCCSc1ncnn1C. The van der Waals surface area contributed by atoms with Gasteiger partial charge in [0.25, 0.3) is 0 Å². The molecule has 0 bridgehead atoms. The van der Waals surface area contributed by atoms with Crippen LogP contribution in [0.15, 0.2) is 11.5 Å². The van der Waals surface area contributed by atoms with Gasteiger partial charge in [-0.05, 0) is 32.2 Å². The Morgan fingerprint density at radius 3 is 2.88 bits per heavy atom. The normalized spacial score (nSPS) is 12.9. The first kappa shape index (κ1) is 14.5.